The van der Waals surface area contributed by atoms with Crippen molar-refractivity contribution in [3.8, 4) is 5.75 Å². The van der Waals surface area contributed by atoms with Crippen molar-refractivity contribution in [2.45, 2.75) is 18.8 Å². The summed E-state index contributed by atoms with van der Waals surface area (Å²) < 4.78 is 32.6. The Morgan fingerprint density at radius 3 is 2.62 bits per heavy atom. The van der Waals surface area contributed by atoms with Crippen LogP contribution >= 0.6 is 24.0 Å². The van der Waals surface area contributed by atoms with Gasteiger partial charge >= 0.3 is 0 Å². The number of likely N-dealkylation sites (tertiary alicyclic amines) is 1. The van der Waals surface area contributed by atoms with Gasteiger partial charge < -0.3 is 15.0 Å². The molecule has 1 N–H and O–H groups in total. The summed E-state index contributed by atoms with van der Waals surface area (Å²) in [7, 11) is 0.0398. The van der Waals surface area contributed by atoms with E-state index in [1.54, 1.807) is 18.5 Å². The van der Waals surface area contributed by atoms with Gasteiger partial charge in [0.2, 0.25) is 10.0 Å². The van der Waals surface area contributed by atoms with Gasteiger partial charge in [-0.25, -0.2) is 8.42 Å². The van der Waals surface area contributed by atoms with Crippen molar-refractivity contribution in [3.05, 3.63) is 59.7 Å². The maximum atomic E-state index is 12.9. The number of para-hydroxylation sites is 1. The summed E-state index contributed by atoms with van der Waals surface area (Å²) in [5.41, 5.74) is 3.19. The molecular formula is C23H31IN4O3S. The Labute approximate surface area is 207 Å². The van der Waals surface area contributed by atoms with Gasteiger partial charge in [0.15, 0.2) is 5.96 Å². The van der Waals surface area contributed by atoms with Crippen LogP contribution in [0.2, 0.25) is 0 Å². The number of rotatable bonds is 6. The number of hydrogen-bond donors (Lipinski definition) is 1. The third-order valence-corrected chi connectivity index (χ3v) is 7.88. The fourth-order valence-electron chi connectivity index (χ4n) is 4.43. The summed E-state index contributed by atoms with van der Waals surface area (Å²) in [6, 6.07) is 15.9. The van der Waals surface area contributed by atoms with Gasteiger partial charge in [-0.3, -0.25) is 9.30 Å². The lowest BCUT2D eigenvalue weighted by Crippen LogP contribution is -2.43. The molecule has 1 saturated heterocycles. The van der Waals surface area contributed by atoms with Gasteiger partial charge in [-0.1, -0.05) is 30.3 Å². The Bertz CT molecular complexity index is 1040. The van der Waals surface area contributed by atoms with Crippen molar-refractivity contribution < 1.29 is 13.2 Å². The summed E-state index contributed by atoms with van der Waals surface area (Å²) in [5, 5.41) is 3.26. The van der Waals surface area contributed by atoms with E-state index in [4.69, 9.17) is 4.74 Å². The summed E-state index contributed by atoms with van der Waals surface area (Å²) in [4.78, 5) is 6.58. The van der Waals surface area contributed by atoms with Crippen LogP contribution in [0, 0.1) is 0 Å². The molecule has 1 unspecified atom stereocenters. The lowest BCUT2D eigenvalue weighted by Gasteiger charge is -2.23. The van der Waals surface area contributed by atoms with Gasteiger partial charge in [0.1, 0.15) is 5.75 Å². The molecule has 9 heteroatoms. The van der Waals surface area contributed by atoms with Gasteiger partial charge in [-0.05, 0) is 42.2 Å². The van der Waals surface area contributed by atoms with Crippen molar-refractivity contribution in [1.29, 1.82) is 0 Å². The molecule has 1 atom stereocenters. The number of guanidine groups is 1. The first-order chi connectivity index (χ1) is 15.0. The van der Waals surface area contributed by atoms with Crippen LogP contribution in [-0.2, 0) is 16.4 Å². The first-order valence-electron chi connectivity index (χ1n) is 10.7. The van der Waals surface area contributed by atoms with Crippen LogP contribution < -0.4 is 14.4 Å². The number of ether oxygens (including phenoxy) is 1. The van der Waals surface area contributed by atoms with E-state index < -0.39 is 10.0 Å². The molecule has 0 spiro atoms. The normalized spacial score (nSPS) is 18.3. The Kier molecular flexibility index (Phi) is 8.26. The molecule has 0 radical (unpaired) electrons. The zero-order valence-corrected chi connectivity index (χ0v) is 21.7. The second kappa shape index (κ2) is 10.7. The fourth-order valence-corrected chi connectivity index (χ4v) is 5.86. The summed E-state index contributed by atoms with van der Waals surface area (Å²) in [6.45, 7) is 2.60. The van der Waals surface area contributed by atoms with Crippen LogP contribution in [-0.4, -0.2) is 65.4 Å². The van der Waals surface area contributed by atoms with Crippen LogP contribution in [0.25, 0.3) is 0 Å². The van der Waals surface area contributed by atoms with E-state index in [1.165, 1.54) is 5.56 Å². The Morgan fingerprint density at radius 2 is 1.91 bits per heavy atom. The third kappa shape index (κ3) is 5.31. The molecule has 4 rings (SSSR count). The van der Waals surface area contributed by atoms with E-state index in [1.807, 2.05) is 36.4 Å². The van der Waals surface area contributed by atoms with E-state index in [0.717, 1.165) is 48.9 Å². The molecule has 2 aliphatic rings. The predicted octanol–water partition coefficient (Wildman–Crippen LogP) is 3.07. The molecule has 7 nitrogen and oxygen atoms in total. The second-order valence-corrected chi connectivity index (χ2v) is 9.96. The molecule has 2 aromatic rings. The lowest BCUT2D eigenvalue weighted by atomic mass is 9.98. The van der Waals surface area contributed by atoms with Crippen LogP contribution in [0.3, 0.4) is 0 Å². The summed E-state index contributed by atoms with van der Waals surface area (Å²) in [5.74, 6) is 2.08. The molecule has 0 aliphatic carbocycles. The van der Waals surface area contributed by atoms with Gasteiger partial charge in [0.25, 0.3) is 0 Å². The highest BCUT2D eigenvalue weighted by atomic mass is 127. The highest BCUT2D eigenvalue weighted by molar-refractivity contribution is 14.0. The molecule has 2 aromatic carbocycles. The number of sulfonamides is 1. The first kappa shape index (κ1) is 24.6. The van der Waals surface area contributed by atoms with E-state index in [0.29, 0.717) is 19.0 Å². The van der Waals surface area contributed by atoms with Crippen LogP contribution in [0.1, 0.15) is 23.5 Å². The van der Waals surface area contributed by atoms with Crippen LogP contribution in [0.15, 0.2) is 53.5 Å². The number of nitrogens with zero attached hydrogens (tertiary/aromatic N) is 3. The Hall–Kier alpha value is -2.01. The number of anilines is 1. The molecule has 174 valence electrons. The number of fused-ring (bicyclic) bond motifs is 1. The molecule has 0 saturated carbocycles. The number of methoxy groups -OCH3 is 1. The van der Waals surface area contributed by atoms with Crippen molar-refractivity contribution in [1.82, 2.24) is 10.2 Å². The highest BCUT2D eigenvalue weighted by Gasteiger charge is 2.30. The van der Waals surface area contributed by atoms with Gasteiger partial charge in [0.05, 0.1) is 18.6 Å². The van der Waals surface area contributed by atoms with Crippen molar-refractivity contribution in [2.24, 2.45) is 4.99 Å². The summed E-state index contributed by atoms with van der Waals surface area (Å²) in [6.07, 6.45) is 1.81. The van der Waals surface area contributed by atoms with Gasteiger partial charge in [-0.15, -0.1) is 24.0 Å². The Balaban J connectivity index is 0.00000289. The van der Waals surface area contributed by atoms with Gasteiger partial charge in [0, 0.05) is 39.1 Å². The zero-order chi connectivity index (χ0) is 21.8. The van der Waals surface area contributed by atoms with Crippen LogP contribution in [0.4, 0.5) is 5.69 Å². The van der Waals surface area contributed by atoms with E-state index in [2.05, 4.69) is 27.3 Å². The summed E-state index contributed by atoms with van der Waals surface area (Å²) >= 11 is 0. The first-order valence-corrected chi connectivity index (χ1v) is 12.3. The molecule has 2 heterocycles. The molecule has 0 bridgehead atoms. The topological polar surface area (TPSA) is 74.2 Å². The number of benzene rings is 2. The van der Waals surface area contributed by atoms with Gasteiger partial charge in [-0.2, -0.15) is 0 Å². The molecule has 0 amide bonds. The highest BCUT2D eigenvalue weighted by Crippen LogP contribution is 2.30. The number of halogens is 1. The second-order valence-electron chi connectivity index (χ2n) is 7.95. The zero-order valence-electron chi connectivity index (χ0n) is 18.5. The van der Waals surface area contributed by atoms with E-state index >= 15 is 0 Å². The Morgan fingerprint density at radius 1 is 1.16 bits per heavy atom. The minimum absolute atomic E-state index is 0. The quantitative estimate of drug-likeness (QED) is 0.329. The minimum Gasteiger partial charge on any atom is -0.497 e. The fraction of sp³-hybridized carbons (Fsp3) is 0.435. The maximum absolute atomic E-state index is 12.9. The minimum atomic E-state index is -3.38. The monoisotopic (exact) mass is 570 g/mol. The van der Waals surface area contributed by atoms with Crippen LogP contribution in [0.5, 0.6) is 5.75 Å². The largest absolute Gasteiger partial charge is 0.497 e. The third-order valence-electron chi connectivity index (χ3n) is 6.11. The van der Waals surface area contributed by atoms with Crippen molar-refractivity contribution >= 4 is 45.6 Å². The SMILES string of the molecule is CN=C(NCCS(=O)(=O)N1CCc2ccccc21)N1CCC(c2ccc(OC)cc2)C1.I. The van der Waals surface area contributed by atoms with E-state index in [-0.39, 0.29) is 29.7 Å². The standard InChI is InChI=1S/C23H30N4O3S.HI/c1-24-23(26-14-11-20(17-26)18-7-9-21(30-2)10-8-18)25-13-16-31(28,29)27-15-12-19-5-3-4-6-22(19)27;/h3-10,20H,11-17H2,1-2H3,(H,24,25);1H. The number of aliphatic imine (C=N–C) groups is 1. The molecular weight excluding hydrogens is 539 g/mol. The number of hydrogen-bond acceptors (Lipinski definition) is 4. The number of nitrogens with one attached hydrogen (secondary N) is 1. The molecule has 32 heavy (non-hydrogen) atoms. The van der Waals surface area contributed by atoms with Crippen molar-refractivity contribution in [3.63, 3.8) is 0 Å². The smallest absolute Gasteiger partial charge is 0.236 e. The molecule has 2 aliphatic heterocycles. The lowest BCUT2D eigenvalue weighted by molar-refractivity contribution is 0.414. The van der Waals surface area contributed by atoms with E-state index in [9.17, 15) is 8.42 Å². The molecule has 0 aromatic heterocycles. The molecule has 1 fully saturated rings. The predicted molar refractivity (Wildman–Crippen MR) is 140 cm³/mol. The van der Waals surface area contributed by atoms with Crippen molar-refractivity contribution in [2.75, 3.05) is 50.4 Å². The average molecular weight is 570 g/mol. The average Bonchev–Trinajstić information content (AvgIpc) is 3.45. The maximum Gasteiger partial charge on any atom is 0.236 e.